The van der Waals surface area contributed by atoms with Gasteiger partial charge in [0.05, 0.1) is 21.1 Å². The van der Waals surface area contributed by atoms with Crippen LogP contribution in [-0.4, -0.2) is 53.1 Å². The van der Waals surface area contributed by atoms with E-state index in [4.69, 9.17) is 0 Å². The molecular weight excluding hydrogens is 378 g/mol. The summed E-state index contributed by atoms with van der Waals surface area (Å²) >= 11 is 0. The van der Waals surface area contributed by atoms with Crippen molar-refractivity contribution in [1.29, 1.82) is 0 Å². The number of aliphatic carboxylic acids is 1. The summed E-state index contributed by atoms with van der Waals surface area (Å²) in [5.74, 6) is -3.73. The van der Waals surface area contributed by atoms with E-state index in [0.717, 1.165) is 26.2 Å². The van der Waals surface area contributed by atoms with Crippen molar-refractivity contribution in [3.63, 3.8) is 0 Å². The molecule has 0 amide bonds. The lowest BCUT2D eigenvalue weighted by Crippen LogP contribution is -2.75. The van der Waals surface area contributed by atoms with E-state index in [1.165, 1.54) is 77.0 Å². The molecule has 2 N–H and O–H groups in total. The topological polar surface area (TPSA) is 80.6 Å². The van der Waals surface area contributed by atoms with E-state index in [1.807, 2.05) is 0 Å². The first kappa shape index (κ1) is 29.4. The Morgan fingerprint density at radius 2 is 1.00 bits per heavy atom. The van der Waals surface area contributed by atoms with Crippen molar-refractivity contribution in [3.8, 4) is 0 Å². The Morgan fingerprint density at radius 3 is 1.23 bits per heavy atom. The Hall–Kier alpha value is -0.650. The molecule has 1 atom stereocenters. The zero-order valence-corrected chi connectivity index (χ0v) is 20.7. The smallest absolute Gasteiger partial charge is 0.222 e. The van der Waals surface area contributed by atoms with E-state index >= 15 is 0 Å². The number of hydrogen-bond donors (Lipinski definition) is 2. The number of likely N-dealkylation sites (N-methyl/N-ethyl adjacent to an activating group) is 1. The Labute approximate surface area is 186 Å². The standard InChI is InChI=1S/C25H51NO4/c1-6-7-8-9-10-11-12-13-14-15-16-17-18-19-20-21-22-25(23(27)28,24(2,29)30)26(3,4)5/h29-30H,6-22H2,1-5H3. The van der Waals surface area contributed by atoms with Crippen LogP contribution in [0, 0.1) is 0 Å². The summed E-state index contributed by atoms with van der Waals surface area (Å²) in [5, 5.41) is 32.2. The van der Waals surface area contributed by atoms with Crippen LogP contribution in [0.25, 0.3) is 0 Å². The van der Waals surface area contributed by atoms with Gasteiger partial charge in [-0.15, -0.1) is 0 Å². The second-order valence-corrected chi connectivity index (χ2v) is 10.2. The number of hydrogen-bond acceptors (Lipinski definition) is 4. The highest BCUT2D eigenvalue weighted by Crippen LogP contribution is 2.35. The van der Waals surface area contributed by atoms with E-state index in [2.05, 4.69) is 6.92 Å². The first-order chi connectivity index (χ1) is 14.0. The number of unbranched alkanes of at least 4 members (excludes halogenated alkanes) is 15. The molecule has 0 radical (unpaired) electrons. The number of carbonyl (C=O) groups excluding carboxylic acids is 1. The summed E-state index contributed by atoms with van der Waals surface area (Å²) in [6, 6.07) is 0. The lowest BCUT2D eigenvalue weighted by molar-refractivity contribution is -0.929. The summed E-state index contributed by atoms with van der Waals surface area (Å²) in [6.45, 7) is 3.41. The van der Waals surface area contributed by atoms with Gasteiger partial charge in [0, 0.05) is 6.42 Å². The van der Waals surface area contributed by atoms with Gasteiger partial charge in [-0.05, 0) is 13.3 Å². The third-order valence-electron chi connectivity index (χ3n) is 6.66. The van der Waals surface area contributed by atoms with Crippen LogP contribution in [0.3, 0.4) is 0 Å². The zero-order chi connectivity index (χ0) is 23.1. The Morgan fingerprint density at radius 1 is 0.700 bits per heavy atom. The molecule has 5 nitrogen and oxygen atoms in total. The SMILES string of the molecule is CCCCCCCCCCCCCCCCCCC(C(=O)[O-])(C(C)(O)O)[N+](C)(C)C. The normalized spacial score (nSPS) is 14.6. The van der Waals surface area contributed by atoms with Gasteiger partial charge in [-0.3, -0.25) is 0 Å². The predicted molar refractivity (Wildman–Crippen MR) is 123 cm³/mol. The van der Waals surface area contributed by atoms with Gasteiger partial charge in [0.15, 0.2) is 5.54 Å². The van der Waals surface area contributed by atoms with Crippen molar-refractivity contribution in [2.24, 2.45) is 0 Å². The molecule has 30 heavy (non-hydrogen) atoms. The maximum atomic E-state index is 11.9. The van der Waals surface area contributed by atoms with Gasteiger partial charge in [-0.1, -0.05) is 103 Å². The molecule has 0 fully saturated rings. The molecule has 0 heterocycles. The average Bonchev–Trinajstić information content (AvgIpc) is 2.61. The molecule has 0 spiro atoms. The maximum Gasteiger partial charge on any atom is 0.222 e. The summed E-state index contributed by atoms with van der Waals surface area (Å²) < 4.78 is -0.0857. The number of carboxylic acids is 1. The fraction of sp³-hybridized carbons (Fsp3) is 0.960. The van der Waals surface area contributed by atoms with E-state index in [1.54, 1.807) is 21.1 Å². The highest BCUT2D eigenvalue weighted by Gasteiger charge is 2.57. The van der Waals surface area contributed by atoms with E-state index < -0.39 is 17.3 Å². The number of carboxylic acid groups (broad SMARTS) is 1. The second-order valence-electron chi connectivity index (χ2n) is 10.2. The highest BCUT2D eigenvalue weighted by molar-refractivity contribution is 5.76. The van der Waals surface area contributed by atoms with Crippen LogP contribution in [0.5, 0.6) is 0 Å². The van der Waals surface area contributed by atoms with Gasteiger partial charge >= 0.3 is 0 Å². The fourth-order valence-corrected chi connectivity index (χ4v) is 4.71. The van der Waals surface area contributed by atoms with Crippen molar-refractivity contribution in [2.45, 2.75) is 134 Å². The minimum absolute atomic E-state index is 0.0857. The predicted octanol–water partition coefficient (Wildman–Crippen LogP) is 4.53. The Bertz CT molecular complexity index is 423. The third kappa shape index (κ3) is 10.6. The van der Waals surface area contributed by atoms with Gasteiger partial charge in [-0.25, -0.2) is 0 Å². The van der Waals surface area contributed by atoms with Gasteiger partial charge < -0.3 is 24.6 Å². The zero-order valence-electron chi connectivity index (χ0n) is 20.7. The van der Waals surface area contributed by atoms with Crippen LogP contribution >= 0.6 is 0 Å². The number of rotatable bonds is 20. The number of quaternary nitrogens is 1. The van der Waals surface area contributed by atoms with E-state index in [0.29, 0.717) is 6.42 Å². The van der Waals surface area contributed by atoms with Crippen molar-refractivity contribution in [3.05, 3.63) is 0 Å². The first-order valence-corrected chi connectivity index (χ1v) is 12.5. The molecule has 0 saturated carbocycles. The summed E-state index contributed by atoms with van der Waals surface area (Å²) in [7, 11) is 5.02. The molecule has 0 aliphatic rings. The van der Waals surface area contributed by atoms with Gasteiger partial charge in [0.2, 0.25) is 5.79 Å². The van der Waals surface area contributed by atoms with Crippen LogP contribution < -0.4 is 5.11 Å². The Kier molecular flexibility index (Phi) is 14.9. The second kappa shape index (κ2) is 15.2. The minimum atomic E-state index is -2.33. The van der Waals surface area contributed by atoms with Crippen LogP contribution in [0.15, 0.2) is 0 Å². The molecule has 0 rings (SSSR count). The van der Waals surface area contributed by atoms with Crippen LogP contribution in [0.4, 0.5) is 0 Å². The van der Waals surface area contributed by atoms with Crippen molar-refractivity contribution < 1.29 is 24.6 Å². The average molecular weight is 430 g/mol. The number of nitrogens with zero attached hydrogens (tertiary/aromatic N) is 1. The summed E-state index contributed by atoms with van der Waals surface area (Å²) in [5.41, 5.74) is -1.73. The molecule has 0 aromatic heterocycles. The quantitative estimate of drug-likeness (QED) is 0.169. The van der Waals surface area contributed by atoms with Crippen molar-refractivity contribution >= 4 is 5.97 Å². The third-order valence-corrected chi connectivity index (χ3v) is 6.66. The van der Waals surface area contributed by atoms with Gasteiger partial charge in [-0.2, -0.15) is 0 Å². The lowest BCUT2D eigenvalue weighted by atomic mass is 9.81. The molecule has 0 saturated heterocycles. The summed E-state index contributed by atoms with van der Waals surface area (Å²) in [6.07, 6.45) is 20.2. The molecule has 0 aromatic rings. The summed E-state index contributed by atoms with van der Waals surface area (Å²) in [4.78, 5) is 11.9. The van der Waals surface area contributed by atoms with Gasteiger partial charge in [0.25, 0.3) is 0 Å². The van der Waals surface area contributed by atoms with Crippen LogP contribution in [-0.2, 0) is 4.79 Å². The van der Waals surface area contributed by atoms with E-state index in [-0.39, 0.29) is 10.9 Å². The molecule has 0 aromatic carbocycles. The minimum Gasteiger partial charge on any atom is -0.544 e. The number of aliphatic hydroxyl groups is 2. The molecular formula is C25H51NO4. The maximum absolute atomic E-state index is 11.9. The first-order valence-electron chi connectivity index (χ1n) is 12.5. The van der Waals surface area contributed by atoms with Crippen molar-refractivity contribution in [1.82, 2.24) is 0 Å². The molecule has 0 aliphatic carbocycles. The van der Waals surface area contributed by atoms with Crippen LogP contribution in [0.2, 0.25) is 0 Å². The Balaban J connectivity index is 3.83. The van der Waals surface area contributed by atoms with Crippen LogP contribution in [0.1, 0.15) is 123 Å². The highest BCUT2D eigenvalue weighted by atomic mass is 16.5. The van der Waals surface area contributed by atoms with Gasteiger partial charge in [0.1, 0.15) is 5.97 Å². The molecule has 1 unspecified atom stereocenters. The largest absolute Gasteiger partial charge is 0.544 e. The molecule has 0 aliphatic heterocycles. The molecule has 0 bridgehead atoms. The molecule has 5 heteroatoms. The monoisotopic (exact) mass is 429 g/mol. The van der Waals surface area contributed by atoms with E-state index in [9.17, 15) is 20.1 Å². The fourth-order valence-electron chi connectivity index (χ4n) is 4.71. The lowest BCUT2D eigenvalue weighted by Gasteiger charge is -2.51. The van der Waals surface area contributed by atoms with Crippen molar-refractivity contribution in [2.75, 3.05) is 21.1 Å². The molecule has 180 valence electrons. The number of carbonyl (C=O) groups is 1.